The predicted octanol–water partition coefficient (Wildman–Crippen LogP) is 7.91. The van der Waals surface area contributed by atoms with Crippen LogP contribution in [0.5, 0.6) is 5.75 Å². The standard InChI is InChI=1S/C57H63BrFN12O8P/c1-66-34-38(32-61-66)42-30-46(63-56-60-33-44(58)52(65-56)62-45-13-10-37(36-8-6-5-7-9-36)28-50(45)80(76,78-3)79-4)49(77-2)31-48(42)70-20-16-39(17-21-70)69-26-24-67(25-27-69)35-57(59)18-22-68(23-19-57)40-11-12-41-43(29-40)55(75)71(54(41)74)47-14-15-51(72)64-53(47)73/h5-13,28-34,39,47H,14-27,35H2,1-4H3,(H,64,72,73)(H2,60,62,63,65). The fraction of sp³-hybridized carbons (Fsp3) is 0.386. The number of amides is 4. The number of methoxy groups -OCH3 is 1. The second-order valence-electron chi connectivity index (χ2n) is 20.9. The number of carbonyl (C=O) groups excluding carboxylic acids is 4. The van der Waals surface area contributed by atoms with E-state index in [2.05, 4.69) is 67.6 Å². The van der Waals surface area contributed by atoms with E-state index in [-0.39, 0.29) is 29.9 Å². The van der Waals surface area contributed by atoms with Gasteiger partial charge in [0.05, 0.1) is 45.6 Å². The normalized spacial score (nSPS) is 19.3. The Balaban J connectivity index is 0.713. The van der Waals surface area contributed by atoms with E-state index in [1.54, 1.807) is 42.3 Å². The molecule has 11 rings (SSSR count). The number of carbonyl (C=O) groups is 4. The Hall–Kier alpha value is -7.07. The molecule has 0 aliphatic carbocycles. The number of halogens is 2. The minimum atomic E-state index is -3.74. The molecular formula is C57H63BrFN12O8P. The van der Waals surface area contributed by atoms with Crippen molar-refractivity contribution in [3.63, 3.8) is 0 Å². The number of fused-ring (bicyclic) bond motifs is 1. The van der Waals surface area contributed by atoms with Crippen molar-refractivity contribution < 1.29 is 41.9 Å². The Morgan fingerprint density at radius 3 is 2.19 bits per heavy atom. The molecule has 4 aromatic carbocycles. The van der Waals surface area contributed by atoms with Crippen molar-refractivity contribution in [3.8, 4) is 28.0 Å². The molecule has 1 atom stereocenters. The van der Waals surface area contributed by atoms with Gasteiger partial charge in [0.15, 0.2) is 0 Å². The molecule has 4 saturated heterocycles. The number of alkyl halides is 1. The van der Waals surface area contributed by atoms with E-state index in [1.165, 1.54) is 14.2 Å². The van der Waals surface area contributed by atoms with Crippen LogP contribution in [0.3, 0.4) is 0 Å². The van der Waals surface area contributed by atoms with Gasteiger partial charge in [-0.2, -0.15) is 10.1 Å². The summed E-state index contributed by atoms with van der Waals surface area (Å²) in [6, 6.07) is 23.9. The maximum Gasteiger partial charge on any atom is 0.362 e. The summed E-state index contributed by atoms with van der Waals surface area (Å²) < 4.78 is 49.9. The molecule has 3 N–H and O–H groups in total. The molecule has 0 radical (unpaired) electrons. The first-order chi connectivity index (χ1) is 38.6. The Morgan fingerprint density at radius 2 is 1.50 bits per heavy atom. The number of nitrogens with one attached hydrogen (secondary N) is 3. The van der Waals surface area contributed by atoms with Crippen LogP contribution in [0.2, 0.25) is 0 Å². The molecule has 80 heavy (non-hydrogen) atoms. The number of anilines is 6. The average Bonchev–Trinajstić information content (AvgIpc) is 4.11. The summed E-state index contributed by atoms with van der Waals surface area (Å²) >= 11 is 3.61. The summed E-state index contributed by atoms with van der Waals surface area (Å²) in [5.41, 5.74) is 5.65. The zero-order valence-corrected chi connectivity index (χ0v) is 47.5. The van der Waals surface area contributed by atoms with Crippen LogP contribution in [0, 0.1) is 0 Å². The third-order valence-corrected chi connectivity index (χ3v) is 18.6. The maximum absolute atomic E-state index is 16.6. The molecule has 4 fully saturated rings. The van der Waals surface area contributed by atoms with Gasteiger partial charge in [-0.05, 0) is 82.7 Å². The fourth-order valence-electron chi connectivity index (χ4n) is 11.7. The van der Waals surface area contributed by atoms with Crippen molar-refractivity contribution >= 4 is 87.0 Å². The molecular weight excluding hydrogens is 1110 g/mol. The first-order valence-corrected chi connectivity index (χ1v) is 29.2. The zero-order chi connectivity index (χ0) is 55.9. The lowest BCUT2D eigenvalue weighted by atomic mass is 9.91. The molecule has 0 saturated carbocycles. The van der Waals surface area contributed by atoms with Gasteiger partial charge >= 0.3 is 7.60 Å². The van der Waals surface area contributed by atoms with Gasteiger partial charge in [-0.3, -0.25) is 48.4 Å². The van der Waals surface area contributed by atoms with E-state index < -0.39 is 42.9 Å². The number of nitrogens with zero attached hydrogens (tertiary/aromatic N) is 9. The predicted molar refractivity (Wildman–Crippen MR) is 306 cm³/mol. The van der Waals surface area contributed by atoms with E-state index in [0.717, 1.165) is 90.6 Å². The van der Waals surface area contributed by atoms with E-state index >= 15 is 4.39 Å². The number of aryl methyl sites for hydroxylation is 1. The number of ether oxygens (including phenoxy) is 1. The lowest BCUT2D eigenvalue weighted by molar-refractivity contribution is -0.136. The zero-order valence-electron chi connectivity index (χ0n) is 45.0. The minimum absolute atomic E-state index is 0.0525. The number of imide groups is 2. The largest absolute Gasteiger partial charge is 0.494 e. The number of piperidine rings is 3. The molecule has 0 bridgehead atoms. The minimum Gasteiger partial charge on any atom is -0.494 e. The molecule has 5 aliphatic rings. The Labute approximate surface area is 471 Å². The van der Waals surface area contributed by atoms with Gasteiger partial charge in [-0.15, -0.1) is 0 Å². The molecule has 418 valence electrons. The van der Waals surface area contributed by atoms with Crippen LogP contribution in [0.1, 0.15) is 59.2 Å². The van der Waals surface area contributed by atoms with E-state index in [1.807, 2.05) is 68.0 Å². The highest BCUT2D eigenvalue weighted by atomic mass is 79.9. The van der Waals surface area contributed by atoms with Crippen LogP contribution in [0.25, 0.3) is 22.3 Å². The fourth-order valence-corrected chi connectivity index (χ4v) is 13.3. The molecule has 6 aromatic rings. The lowest BCUT2D eigenvalue weighted by Crippen LogP contribution is -2.56. The molecule has 7 heterocycles. The molecule has 0 spiro atoms. The monoisotopic (exact) mass is 1170 g/mol. The highest BCUT2D eigenvalue weighted by Gasteiger charge is 2.45. The van der Waals surface area contributed by atoms with E-state index in [9.17, 15) is 23.7 Å². The number of benzene rings is 4. The average molecular weight is 1170 g/mol. The highest BCUT2D eigenvalue weighted by Crippen LogP contribution is 2.49. The van der Waals surface area contributed by atoms with Gasteiger partial charge < -0.3 is 34.2 Å². The van der Waals surface area contributed by atoms with Gasteiger partial charge in [0.2, 0.25) is 17.8 Å². The van der Waals surface area contributed by atoms with Crippen molar-refractivity contribution in [2.45, 2.75) is 56.3 Å². The van der Waals surface area contributed by atoms with Gasteiger partial charge in [0.25, 0.3) is 11.8 Å². The van der Waals surface area contributed by atoms with Crippen LogP contribution in [-0.4, -0.2) is 156 Å². The van der Waals surface area contributed by atoms with Crippen LogP contribution < -0.4 is 35.8 Å². The Kier molecular flexibility index (Phi) is 15.7. The maximum atomic E-state index is 16.6. The Bertz CT molecular complexity index is 3390. The first-order valence-electron chi connectivity index (χ1n) is 26.8. The number of piperazine rings is 1. The number of aromatic nitrogens is 4. The van der Waals surface area contributed by atoms with E-state index in [0.29, 0.717) is 71.2 Å². The lowest BCUT2D eigenvalue weighted by Gasteiger charge is -2.45. The highest BCUT2D eigenvalue weighted by molar-refractivity contribution is 9.10. The summed E-state index contributed by atoms with van der Waals surface area (Å²) in [5.74, 6) is -0.881. The quantitative estimate of drug-likeness (QED) is 0.0621. The summed E-state index contributed by atoms with van der Waals surface area (Å²) in [6.07, 6.45) is 8.21. The van der Waals surface area contributed by atoms with Crippen molar-refractivity contribution in [1.29, 1.82) is 0 Å². The van der Waals surface area contributed by atoms with Crippen molar-refractivity contribution in [1.82, 2.24) is 39.8 Å². The molecule has 5 aliphatic heterocycles. The van der Waals surface area contributed by atoms with Gasteiger partial charge in [-0.1, -0.05) is 36.4 Å². The smallest absolute Gasteiger partial charge is 0.362 e. The number of hydrogen-bond acceptors (Lipinski definition) is 17. The number of rotatable bonds is 16. The van der Waals surface area contributed by atoms with Crippen LogP contribution in [-0.2, 0) is 30.2 Å². The van der Waals surface area contributed by atoms with Gasteiger partial charge in [0, 0.05) is 146 Å². The number of hydrogen-bond donors (Lipinski definition) is 3. The summed E-state index contributed by atoms with van der Waals surface area (Å²) in [4.78, 5) is 70.7. The van der Waals surface area contributed by atoms with Crippen molar-refractivity contribution in [2.24, 2.45) is 7.05 Å². The SMILES string of the molecule is COc1cc(N2CCC(N3CCN(CC4(F)CCN(c5ccc6c(c5)C(=O)N(C5CCC(=O)NC5=O)C6=O)CC4)CC3)CC2)c(-c2cnn(C)c2)cc1Nc1ncc(Br)c(Nc2ccc(-c3ccccc3)cc2P(=O)(OC)OC)n1. The van der Waals surface area contributed by atoms with Gasteiger partial charge in [-0.25, -0.2) is 9.37 Å². The van der Waals surface area contributed by atoms with E-state index in [4.69, 9.17) is 18.8 Å². The third kappa shape index (κ3) is 11.1. The summed E-state index contributed by atoms with van der Waals surface area (Å²) in [7, 11) is 2.51. The van der Waals surface area contributed by atoms with Crippen LogP contribution in [0.4, 0.5) is 38.9 Å². The Morgan fingerprint density at radius 1 is 0.762 bits per heavy atom. The molecule has 4 amide bonds. The molecule has 23 heteroatoms. The molecule has 1 unspecified atom stereocenters. The van der Waals surface area contributed by atoms with Crippen LogP contribution in [0.15, 0.2) is 102 Å². The topological polar surface area (TPSA) is 209 Å². The summed E-state index contributed by atoms with van der Waals surface area (Å²) in [5, 5.41) is 13.8. The van der Waals surface area contributed by atoms with Gasteiger partial charge in [0.1, 0.15) is 23.3 Å². The van der Waals surface area contributed by atoms with Crippen molar-refractivity contribution in [3.05, 3.63) is 113 Å². The second kappa shape index (κ2) is 22.8. The molecule has 20 nitrogen and oxygen atoms in total. The first kappa shape index (κ1) is 54.9. The third-order valence-electron chi connectivity index (χ3n) is 16.1. The summed E-state index contributed by atoms with van der Waals surface area (Å²) in [6.45, 7) is 6.21. The van der Waals surface area contributed by atoms with Crippen LogP contribution >= 0.6 is 23.5 Å². The van der Waals surface area contributed by atoms with Crippen molar-refractivity contribution in [2.75, 3.05) is 101 Å². The second-order valence-corrected chi connectivity index (χ2v) is 24.0. The molecule has 2 aromatic heterocycles.